The lowest BCUT2D eigenvalue weighted by Crippen LogP contribution is -3.00. The Kier molecular flexibility index (Phi) is 9.76. The average molecular weight is 558 g/mol. The Hall–Kier alpha value is -3.14. The van der Waals surface area contributed by atoms with Gasteiger partial charge in [-0.25, -0.2) is 9.37 Å². The fraction of sp³-hybridized carbons (Fsp3) is 0.357. The second-order valence-corrected chi connectivity index (χ2v) is 10.4. The summed E-state index contributed by atoms with van der Waals surface area (Å²) >= 11 is 1.17. The van der Waals surface area contributed by atoms with Crippen molar-refractivity contribution in [1.82, 2.24) is 18.8 Å². The molecule has 1 atom stereocenters. The molecule has 0 spiro atoms. The maximum Gasteiger partial charge on any atom is 1.00 e. The maximum absolute atomic E-state index is 14.0. The van der Waals surface area contributed by atoms with Gasteiger partial charge in [0.15, 0.2) is 4.83 Å². The minimum Gasteiger partial charge on any atom is -1.00 e. The summed E-state index contributed by atoms with van der Waals surface area (Å²) in [5, 5.41) is 0.450. The Morgan fingerprint density at radius 1 is 1.18 bits per heavy atom. The van der Waals surface area contributed by atoms with Gasteiger partial charge in [0.1, 0.15) is 11.6 Å². The molecule has 7 nitrogen and oxygen atoms in total. The van der Waals surface area contributed by atoms with Crippen molar-refractivity contribution in [2.24, 2.45) is 11.7 Å². The Morgan fingerprint density at radius 2 is 1.89 bits per heavy atom. The number of carbonyl (C=O) groups is 1. The highest BCUT2D eigenvalue weighted by Gasteiger charge is 2.33. The molecule has 2 aromatic heterocycles. The molecule has 0 radical (unpaired) electrons. The van der Waals surface area contributed by atoms with E-state index in [1.54, 1.807) is 28.5 Å². The van der Waals surface area contributed by atoms with Crippen LogP contribution in [0.1, 0.15) is 60.7 Å². The van der Waals surface area contributed by atoms with Crippen LogP contribution in [-0.2, 0) is 6.54 Å². The van der Waals surface area contributed by atoms with Crippen molar-refractivity contribution in [1.29, 1.82) is 0 Å². The second-order valence-electron chi connectivity index (χ2n) is 9.64. The Balaban J connectivity index is 0.00000267. The molecule has 4 rings (SSSR count). The predicted molar refractivity (Wildman–Crippen MR) is 146 cm³/mol. The number of rotatable bonds is 9. The number of amides is 1. The Morgan fingerprint density at radius 3 is 2.53 bits per heavy atom. The van der Waals surface area contributed by atoms with Crippen LogP contribution in [0.4, 0.5) is 4.39 Å². The fourth-order valence-corrected chi connectivity index (χ4v) is 5.34. The van der Waals surface area contributed by atoms with E-state index in [0.717, 1.165) is 5.56 Å². The topological polar surface area (TPSA) is 94.1 Å². The summed E-state index contributed by atoms with van der Waals surface area (Å²) in [6.07, 6.45) is 0.594. The first-order valence-electron chi connectivity index (χ1n) is 12.4. The van der Waals surface area contributed by atoms with E-state index in [4.69, 9.17) is 10.7 Å². The molecule has 2 N–H and O–H groups in total. The van der Waals surface area contributed by atoms with E-state index in [9.17, 15) is 14.0 Å². The second kappa shape index (κ2) is 12.6. The third kappa shape index (κ3) is 6.11. The number of halogens is 2. The summed E-state index contributed by atoms with van der Waals surface area (Å²) in [5.74, 6) is -0.157. The number of aromatic nitrogens is 3. The van der Waals surface area contributed by atoms with Crippen LogP contribution in [0, 0.1) is 25.6 Å². The third-order valence-corrected chi connectivity index (χ3v) is 7.25. The van der Waals surface area contributed by atoms with Crippen molar-refractivity contribution in [3.63, 3.8) is 0 Å². The first kappa shape index (κ1) is 29.4. The van der Waals surface area contributed by atoms with Crippen LogP contribution in [0.2, 0.25) is 0 Å². The lowest BCUT2D eigenvalue weighted by Gasteiger charge is -2.35. The van der Waals surface area contributed by atoms with Crippen molar-refractivity contribution < 1.29 is 23.0 Å². The summed E-state index contributed by atoms with van der Waals surface area (Å²) in [4.78, 5) is 34.9. The molecule has 0 fully saturated rings. The predicted octanol–water partition coefficient (Wildman–Crippen LogP) is 1.96. The molecular weight excluding hydrogens is 525 g/mol. The van der Waals surface area contributed by atoms with E-state index in [1.807, 2.05) is 45.0 Å². The summed E-state index contributed by atoms with van der Waals surface area (Å²) < 4.78 is 20.0. The number of hydrogen-bond donors (Lipinski definition) is 1. The van der Waals surface area contributed by atoms with Gasteiger partial charge in [-0.1, -0.05) is 43.7 Å². The minimum absolute atomic E-state index is 0. The van der Waals surface area contributed by atoms with Crippen LogP contribution in [0.3, 0.4) is 0 Å². The van der Waals surface area contributed by atoms with Crippen molar-refractivity contribution in [2.45, 2.75) is 46.7 Å². The van der Waals surface area contributed by atoms with E-state index in [2.05, 4.69) is 4.37 Å². The number of benzene rings is 2. The van der Waals surface area contributed by atoms with Crippen molar-refractivity contribution in [2.75, 3.05) is 13.1 Å². The monoisotopic (exact) mass is 557 g/mol. The molecule has 1 amide bonds. The van der Waals surface area contributed by atoms with Crippen LogP contribution in [0.15, 0.2) is 53.3 Å². The molecule has 1 unspecified atom stereocenters. The van der Waals surface area contributed by atoms with Crippen molar-refractivity contribution >= 4 is 27.7 Å². The first-order valence-corrected chi connectivity index (χ1v) is 13.2. The molecular formula is C28H33ClFN5O2S. The van der Waals surface area contributed by atoms with Gasteiger partial charge in [0.25, 0.3) is 11.5 Å². The summed E-state index contributed by atoms with van der Waals surface area (Å²) in [5.41, 5.74) is 8.45. The van der Waals surface area contributed by atoms with Crippen LogP contribution in [-0.4, -0.2) is 37.8 Å². The zero-order valence-corrected chi connectivity index (χ0v) is 23.5. The van der Waals surface area contributed by atoms with E-state index in [-0.39, 0.29) is 43.6 Å². The molecule has 202 valence electrons. The van der Waals surface area contributed by atoms with Crippen LogP contribution in [0.5, 0.6) is 0 Å². The normalized spacial score (nSPS) is 12.0. The van der Waals surface area contributed by atoms with Crippen LogP contribution < -0.4 is 23.7 Å². The fourth-order valence-electron chi connectivity index (χ4n) is 4.57. The van der Waals surface area contributed by atoms with Gasteiger partial charge in [0, 0.05) is 12.1 Å². The number of carbonyl (C=O) groups excluding carboxylic acids is 1. The molecule has 0 aliphatic heterocycles. The van der Waals surface area contributed by atoms with Gasteiger partial charge in [-0.3, -0.25) is 14.2 Å². The van der Waals surface area contributed by atoms with E-state index < -0.39 is 6.04 Å². The highest BCUT2D eigenvalue weighted by molar-refractivity contribution is 7.12. The van der Waals surface area contributed by atoms with Crippen LogP contribution >= 0.6 is 11.5 Å². The van der Waals surface area contributed by atoms with Crippen molar-refractivity contribution in [3.05, 3.63) is 92.9 Å². The molecule has 2 aromatic carbocycles. The lowest BCUT2D eigenvalue weighted by atomic mass is 9.98. The summed E-state index contributed by atoms with van der Waals surface area (Å²) in [6, 6.07) is 13.1. The quantitative estimate of drug-likeness (QED) is 0.339. The van der Waals surface area contributed by atoms with Gasteiger partial charge in [-0.2, -0.15) is 4.37 Å². The molecule has 0 aliphatic rings. The largest absolute Gasteiger partial charge is 1.00 e. The molecule has 38 heavy (non-hydrogen) atoms. The highest BCUT2D eigenvalue weighted by atomic mass is 35.5. The van der Waals surface area contributed by atoms with E-state index in [1.165, 1.54) is 23.7 Å². The van der Waals surface area contributed by atoms with Gasteiger partial charge < -0.3 is 23.0 Å². The minimum atomic E-state index is -0.520. The van der Waals surface area contributed by atoms with Gasteiger partial charge >= 0.3 is 1.43 Å². The first-order chi connectivity index (χ1) is 17.7. The number of aryl methyl sites for hydroxylation is 2. The standard InChI is InChI=1S/C28H32FN5O2S.ClH/c1-17(2)24(33(14-6-13-30)27(35)21-11-9-18(3)10-12-21)25-31-26-23(19(4)32-37-26)28(36)34(25)16-20-7-5-8-22(29)15-20;/h5,7-12,15,17,24H,6,13-14,16,30H2,1-4H3;1H. The van der Waals surface area contributed by atoms with Gasteiger partial charge in [0.05, 0.1) is 23.7 Å². The lowest BCUT2D eigenvalue weighted by molar-refractivity contribution is -0.0000192. The summed E-state index contributed by atoms with van der Waals surface area (Å²) in [7, 11) is 0. The summed E-state index contributed by atoms with van der Waals surface area (Å²) in [6.45, 7) is 8.70. The Labute approximate surface area is 233 Å². The zero-order valence-electron chi connectivity index (χ0n) is 22.9. The molecule has 4 aromatic rings. The van der Waals surface area contributed by atoms with Gasteiger partial charge in [-0.15, -0.1) is 0 Å². The Bertz CT molecular complexity index is 1480. The smallest absolute Gasteiger partial charge is 1.00 e. The third-order valence-electron chi connectivity index (χ3n) is 6.42. The van der Waals surface area contributed by atoms with E-state index in [0.29, 0.717) is 52.4 Å². The molecule has 10 heteroatoms. The van der Waals surface area contributed by atoms with Crippen LogP contribution in [0.25, 0.3) is 10.2 Å². The number of nitrogens with zero attached hydrogens (tertiary/aromatic N) is 4. The zero-order chi connectivity index (χ0) is 26.7. The molecule has 0 aliphatic carbocycles. The van der Waals surface area contributed by atoms with Gasteiger partial charge in [-0.05, 0) is 74.1 Å². The SMILES string of the molecule is Cc1ccc(C(=O)N(CCCN)C(c2nc3snc(C)c3c(=O)n2Cc2cccc(F)c2)C(C)C)cc1.[Cl-].[H+]. The number of fused-ring (bicyclic) bond motifs is 1. The molecule has 0 saturated heterocycles. The van der Waals surface area contributed by atoms with E-state index >= 15 is 0 Å². The maximum atomic E-state index is 14.0. The average Bonchev–Trinajstić information content (AvgIpc) is 3.24. The molecule has 0 saturated carbocycles. The van der Waals surface area contributed by atoms with Gasteiger partial charge in [0.2, 0.25) is 0 Å². The highest BCUT2D eigenvalue weighted by Crippen LogP contribution is 2.31. The molecule has 2 heterocycles. The number of hydrogen-bond acceptors (Lipinski definition) is 6. The molecule has 0 bridgehead atoms. The number of nitrogens with two attached hydrogens (primary N) is 1. The van der Waals surface area contributed by atoms with Crippen molar-refractivity contribution in [3.8, 4) is 0 Å².